The quantitative estimate of drug-likeness (QED) is 0.697. The third-order valence-corrected chi connectivity index (χ3v) is 6.19. The van der Waals surface area contributed by atoms with Crippen LogP contribution in [0.5, 0.6) is 5.75 Å². The summed E-state index contributed by atoms with van der Waals surface area (Å²) in [5.74, 6) is 1.98. The first-order chi connectivity index (χ1) is 13.6. The number of carbonyl (C=O) groups is 1. The Morgan fingerprint density at radius 2 is 1.96 bits per heavy atom. The van der Waals surface area contributed by atoms with Gasteiger partial charge < -0.3 is 9.64 Å². The predicted molar refractivity (Wildman–Crippen MR) is 114 cm³/mol. The van der Waals surface area contributed by atoms with Gasteiger partial charge >= 0.3 is 0 Å². The molecular weight excluding hydrogens is 370 g/mol. The monoisotopic (exact) mass is 395 g/mol. The molecule has 0 bridgehead atoms. The zero-order chi connectivity index (χ0) is 19.5. The molecule has 2 aliphatic heterocycles. The van der Waals surface area contributed by atoms with Gasteiger partial charge in [-0.15, -0.1) is 11.8 Å². The second kappa shape index (κ2) is 8.37. The molecule has 0 radical (unpaired) electrons. The first-order valence-corrected chi connectivity index (χ1v) is 10.6. The summed E-state index contributed by atoms with van der Waals surface area (Å²) in [4.78, 5) is 16.1. The van der Waals surface area contributed by atoms with Gasteiger partial charge in [0.15, 0.2) is 0 Å². The van der Waals surface area contributed by atoms with Crippen molar-refractivity contribution in [2.45, 2.75) is 17.7 Å². The van der Waals surface area contributed by atoms with Crippen LogP contribution < -0.4 is 9.75 Å². The van der Waals surface area contributed by atoms with Crippen LogP contribution in [-0.4, -0.2) is 49.5 Å². The fraction of sp³-hybridized carbons (Fsp3) is 0.364. The molecule has 0 saturated carbocycles. The van der Waals surface area contributed by atoms with Crippen LogP contribution >= 0.6 is 11.8 Å². The van der Waals surface area contributed by atoms with Crippen LogP contribution in [0.1, 0.15) is 18.4 Å². The fourth-order valence-corrected chi connectivity index (χ4v) is 4.66. The highest BCUT2D eigenvalue weighted by atomic mass is 32.2. The van der Waals surface area contributed by atoms with Gasteiger partial charge in [0, 0.05) is 35.1 Å². The van der Waals surface area contributed by atoms with E-state index in [1.54, 1.807) is 5.01 Å². The van der Waals surface area contributed by atoms with Crippen molar-refractivity contribution >= 4 is 29.1 Å². The Labute approximate surface area is 170 Å². The average molecular weight is 396 g/mol. The highest BCUT2D eigenvalue weighted by molar-refractivity contribution is 7.99. The van der Waals surface area contributed by atoms with Gasteiger partial charge in [-0.25, -0.2) is 5.01 Å². The van der Waals surface area contributed by atoms with Gasteiger partial charge in [-0.05, 0) is 50.8 Å². The van der Waals surface area contributed by atoms with E-state index in [9.17, 15) is 4.79 Å². The number of anilines is 1. The van der Waals surface area contributed by atoms with Crippen molar-refractivity contribution < 1.29 is 9.53 Å². The molecule has 28 heavy (non-hydrogen) atoms. The van der Waals surface area contributed by atoms with Crippen molar-refractivity contribution in [1.29, 1.82) is 0 Å². The molecule has 2 heterocycles. The van der Waals surface area contributed by atoms with E-state index in [-0.39, 0.29) is 11.8 Å². The lowest BCUT2D eigenvalue weighted by Gasteiger charge is -2.33. The Hall–Kier alpha value is -2.31. The van der Waals surface area contributed by atoms with Crippen LogP contribution in [0.15, 0.2) is 58.5 Å². The Morgan fingerprint density at radius 1 is 1.18 bits per heavy atom. The summed E-state index contributed by atoms with van der Waals surface area (Å²) in [5.41, 5.74) is 2.97. The van der Waals surface area contributed by atoms with E-state index in [0.717, 1.165) is 41.4 Å². The number of hydrogen-bond acceptors (Lipinski definition) is 5. The van der Waals surface area contributed by atoms with E-state index in [2.05, 4.69) is 37.2 Å². The number of nitrogens with zero attached hydrogens (tertiary/aromatic N) is 3. The Bertz CT molecular complexity index is 880. The number of benzene rings is 2. The van der Waals surface area contributed by atoms with E-state index >= 15 is 0 Å². The van der Waals surface area contributed by atoms with Gasteiger partial charge in [0.05, 0.1) is 18.0 Å². The molecule has 2 aromatic rings. The van der Waals surface area contributed by atoms with Crippen molar-refractivity contribution in [3.8, 4) is 5.75 Å². The standard InChI is InChI=1S/C22H25N3O2S/c1-24(2)12-5-13-27-18-10-8-17(9-11-18)25-21(26)14-16-15-28-20-7-4-3-6-19(20)22(16)23-25/h3-4,6-11,16H,5,12-15H2,1-2H3. The minimum absolute atomic E-state index is 0.0494. The lowest BCUT2D eigenvalue weighted by Crippen LogP contribution is -2.39. The maximum Gasteiger partial charge on any atom is 0.248 e. The minimum Gasteiger partial charge on any atom is -0.494 e. The molecular formula is C22H25N3O2S. The van der Waals surface area contributed by atoms with Gasteiger partial charge in [-0.3, -0.25) is 4.79 Å². The summed E-state index contributed by atoms with van der Waals surface area (Å²) >= 11 is 1.82. The van der Waals surface area contributed by atoms with Crippen LogP contribution in [0.3, 0.4) is 0 Å². The summed E-state index contributed by atoms with van der Waals surface area (Å²) in [6.45, 7) is 1.68. The number of ether oxygens (including phenoxy) is 1. The van der Waals surface area contributed by atoms with Crippen molar-refractivity contribution in [1.82, 2.24) is 4.90 Å². The highest BCUT2D eigenvalue weighted by Gasteiger charge is 2.34. The number of fused-ring (bicyclic) bond motifs is 3. The number of thioether (sulfide) groups is 1. The zero-order valence-electron chi connectivity index (χ0n) is 16.3. The summed E-state index contributed by atoms with van der Waals surface area (Å²) in [6, 6.07) is 16.0. The molecule has 0 saturated heterocycles. The maximum atomic E-state index is 12.7. The molecule has 146 valence electrons. The Morgan fingerprint density at radius 3 is 2.75 bits per heavy atom. The van der Waals surface area contributed by atoms with Crippen molar-refractivity contribution in [3.05, 3.63) is 54.1 Å². The van der Waals surface area contributed by atoms with Gasteiger partial charge in [0.1, 0.15) is 5.75 Å². The number of amides is 1. The summed E-state index contributed by atoms with van der Waals surface area (Å²) in [6.07, 6.45) is 1.48. The molecule has 5 nitrogen and oxygen atoms in total. The Balaban J connectivity index is 1.50. The molecule has 0 fully saturated rings. The summed E-state index contributed by atoms with van der Waals surface area (Å²) < 4.78 is 5.79. The van der Waals surface area contributed by atoms with Crippen LogP contribution in [0, 0.1) is 5.92 Å². The molecule has 2 aliphatic rings. The van der Waals surface area contributed by atoms with E-state index in [4.69, 9.17) is 9.84 Å². The minimum atomic E-state index is 0.0494. The molecule has 0 aliphatic carbocycles. The van der Waals surface area contributed by atoms with Crippen LogP contribution in [0.25, 0.3) is 0 Å². The maximum absolute atomic E-state index is 12.7. The molecule has 1 unspecified atom stereocenters. The van der Waals surface area contributed by atoms with E-state index < -0.39 is 0 Å². The van der Waals surface area contributed by atoms with Gasteiger partial charge in [-0.1, -0.05) is 18.2 Å². The number of hydrogen-bond donors (Lipinski definition) is 0. The first-order valence-electron chi connectivity index (χ1n) is 9.63. The fourth-order valence-electron chi connectivity index (χ4n) is 3.50. The first kappa shape index (κ1) is 19.0. The van der Waals surface area contributed by atoms with E-state index in [1.807, 2.05) is 42.1 Å². The molecule has 0 aromatic heterocycles. The molecule has 0 spiro atoms. The van der Waals surface area contributed by atoms with Gasteiger partial charge in [0.25, 0.3) is 0 Å². The molecule has 6 heteroatoms. The van der Waals surface area contributed by atoms with E-state index in [0.29, 0.717) is 13.0 Å². The van der Waals surface area contributed by atoms with Crippen LogP contribution in [0.4, 0.5) is 5.69 Å². The van der Waals surface area contributed by atoms with Gasteiger partial charge in [-0.2, -0.15) is 5.10 Å². The number of carbonyl (C=O) groups excluding carboxylic acids is 1. The van der Waals surface area contributed by atoms with E-state index in [1.165, 1.54) is 4.90 Å². The van der Waals surface area contributed by atoms with Crippen LogP contribution in [-0.2, 0) is 4.79 Å². The third-order valence-electron chi connectivity index (χ3n) is 4.95. The van der Waals surface area contributed by atoms with Crippen LogP contribution in [0.2, 0.25) is 0 Å². The SMILES string of the molecule is CN(C)CCCOc1ccc(N2N=C3c4ccccc4SCC3CC2=O)cc1. The van der Waals surface area contributed by atoms with Crippen molar-refractivity contribution in [2.75, 3.05) is 38.0 Å². The molecule has 1 amide bonds. The second-order valence-electron chi connectivity index (χ2n) is 7.40. The normalized spacial score (nSPS) is 18.5. The van der Waals surface area contributed by atoms with Crippen molar-refractivity contribution in [2.24, 2.45) is 11.0 Å². The molecule has 4 rings (SSSR count). The lowest BCUT2D eigenvalue weighted by molar-refractivity contribution is -0.119. The second-order valence-corrected chi connectivity index (χ2v) is 8.46. The number of hydrazone groups is 1. The largest absolute Gasteiger partial charge is 0.494 e. The topological polar surface area (TPSA) is 45.1 Å². The van der Waals surface area contributed by atoms with Gasteiger partial charge in [0.2, 0.25) is 5.91 Å². The summed E-state index contributed by atoms with van der Waals surface area (Å²) in [5, 5.41) is 6.31. The van der Waals surface area contributed by atoms with Crippen molar-refractivity contribution in [3.63, 3.8) is 0 Å². The predicted octanol–water partition coefficient (Wildman–Crippen LogP) is 3.88. The summed E-state index contributed by atoms with van der Waals surface area (Å²) in [7, 11) is 4.11. The molecule has 2 aromatic carbocycles. The molecule has 1 atom stereocenters. The highest BCUT2D eigenvalue weighted by Crippen LogP contribution is 2.37. The lowest BCUT2D eigenvalue weighted by atomic mass is 9.93. The smallest absolute Gasteiger partial charge is 0.248 e. The number of rotatable bonds is 6. The Kier molecular flexibility index (Phi) is 5.69. The zero-order valence-corrected chi connectivity index (χ0v) is 17.1. The molecule has 0 N–H and O–H groups in total. The average Bonchev–Trinajstić information content (AvgIpc) is 2.71. The third kappa shape index (κ3) is 4.08.